The zero-order valence-electron chi connectivity index (χ0n) is 18.9. The molecule has 2 heterocycles. The van der Waals surface area contributed by atoms with Crippen LogP contribution in [-0.2, 0) is 4.74 Å². The van der Waals surface area contributed by atoms with Gasteiger partial charge in [-0.1, -0.05) is 23.7 Å². The van der Waals surface area contributed by atoms with Crippen LogP contribution in [0.5, 0.6) is 5.75 Å². The van der Waals surface area contributed by atoms with Crippen LogP contribution in [0.25, 0.3) is 11.1 Å². The predicted molar refractivity (Wildman–Crippen MR) is 126 cm³/mol. The molecule has 1 aliphatic heterocycles. The number of hydrogen-bond donors (Lipinski definition) is 2. The van der Waals surface area contributed by atoms with Crippen LogP contribution >= 0.6 is 11.6 Å². The van der Waals surface area contributed by atoms with Gasteiger partial charge >= 0.3 is 0 Å². The molecule has 0 bridgehead atoms. The summed E-state index contributed by atoms with van der Waals surface area (Å²) in [5.74, 6) is 0.283. The number of amides is 1. The van der Waals surface area contributed by atoms with Crippen LogP contribution in [0.3, 0.4) is 0 Å². The molecule has 2 N–H and O–H groups in total. The molecular formula is C24H28ClN3O5. The van der Waals surface area contributed by atoms with Crippen molar-refractivity contribution >= 4 is 34.6 Å². The molecule has 2 aromatic carbocycles. The predicted octanol–water partition coefficient (Wildman–Crippen LogP) is 4.28. The topological polar surface area (TPSA) is 97.1 Å². The van der Waals surface area contributed by atoms with Crippen LogP contribution in [0.1, 0.15) is 42.2 Å². The van der Waals surface area contributed by atoms with Gasteiger partial charge in [-0.25, -0.2) is 0 Å². The van der Waals surface area contributed by atoms with E-state index in [1.807, 2.05) is 38.1 Å². The van der Waals surface area contributed by atoms with Crippen molar-refractivity contribution < 1.29 is 23.8 Å². The van der Waals surface area contributed by atoms with Gasteiger partial charge in [0, 0.05) is 36.7 Å². The van der Waals surface area contributed by atoms with E-state index in [2.05, 4.69) is 10.3 Å². The fourth-order valence-electron chi connectivity index (χ4n) is 4.06. The molecule has 0 aliphatic carbocycles. The molecule has 2 atom stereocenters. The van der Waals surface area contributed by atoms with Gasteiger partial charge in [-0.15, -0.1) is 0 Å². The third-order valence-corrected chi connectivity index (χ3v) is 6.11. The number of ether oxygens (including phenoxy) is 2. The lowest BCUT2D eigenvalue weighted by Gasteiger charge is -2.40. The maximum absolute atomic E-state index is 13.3. The van der Waals surface area contributed by atoms with E-state index in [1.165, 1.54) is 7.11 Å². The Morgan fingerprint density at radius 3 is 2.94 bits per heavy atom. The molecular weight excluding hydrogens is 446 g/mol. The first-order valence-electron chi connectivity index (χ1n) is 10.9. The lowest BCUT2D eigenvalue weighted by molar-refractivity contribution is -0.0978. The van der Waals surface area contributed by atoms with Crippen LogP contribution < -0.4 is 10.1 Å². The Bertz CT molecular complexity index is 1150. The fraction of sp³-hybridized carbons (Fsp3) is 0.417. The van der Waals surface area contributed by atoms with Gasteiger partial charge in [0.05, 0.1) is 25.4 Å². The standard InChI is InChI=1S/C24H28ClN3O5/c1-15(16-5-4-6-18(25)11-16)26-23-27-19-12-17(13-20(31-3)21(19)33-23)22(30)28-8-10-32-24(2,14-28)7-9-29/h4-6,11-13,15,29H,7-10,14H2,1-3H3,(H,26,27)/t15-,24?/m1/s1. The lowest BCUT2D eigenvalue weighted by Crippen LogP contribution is -2.52. The number of nitrogens with one attached hydrogen (secondary N) is 1. The molecule has 1 saturated heterocycles. The molecule has 1 unspecified atom stereocenters. The van der Waals surface area contributed by atoms with Crippen molar-refractivity contribution in [3.8, 4) is 5.75 Å². The highest BCUT2D eigenvalue weighted by molar-refractivity contribution is 6.30. The van der Waals surface area contributed by atoms with Crippen LogP contribution in [0.4, 0.5) is 6.01 Å². The minimum atomic E-state index is -0.571. The van der Waals surface area contributed by atoms with Gasteiger partial charge < -0.3 is 29.2 Å². The van der Waals surface area contributed by atoms with Crippen LogP contribution in [0.2, 0.25) is 5.02 Å². The Hall–Kier alpha value is -2.81. The van der Waals surface area contributed by atoms with E-state index >= 15 is 0 Å². The van der Waals surface area contributed by atoms with E-state index in [9.17, 15) is 9.90 Å². The molecule has 1 aliphatic rings. The number of aliphatic hydroxyl groups excluding tert-OH is 1. The third kappa shape index (κ3) is 5.08. The molecule has 9 heteroatoms. The number of aromatic nitrogens is 1. The van der Waals surface area contributed by atoms with E-state index in [4.69, 9.17) is 25.5 Å². The highest BCUT2D eigenvalue weighted by Gasteiger charge is 2.34. The quantitative estimate of drug-likeness (QED) is 0.528. The first-order chi connectivity index (χ1) is 15.8. The monoisotopic (exact) mass is 473 g/mol. The van der Waals surface area contributed by atoms with Gasteiger partial charge in [0.2, 0.25) is 0 Å². The summed E-state index contributed by atoms with van der Waals surface area (Å²) in [6, 6.07) is 11.2. The lowest BCUT2D eigenvalue weighted by atomic mass is 9.99. The molecule has 176 valence electrons. The number of benzene rings is 2. The van der Waals surface area contributed by atoms with Gasteiger partial charge in [0.1, 0.15) is 5.52 Å². The van der Waals surface area contributed by atoms with E-state index in [0.717, 1.165) is 5.56 Å². The number of halogens is 1. The Labute approximate surface area is 197 Å². The zero-order valence-corrected chi connectivity index (χ0v) is 19.7. The Morgan fingerprint density at radius 1 is 1.39 bits per heavy atom. The second-order valence-electron chi connectivity index (χ2n) is 8.47. The van der Waals surface area contributed by atoms with Crippen molar-refractivity contribution in [2.24, 2.45) is 0 Å². The van der Waals surface area contributed by atoms with Gasteiger partial charge in [-0.2, -0.15) is 4.98 Å². The number of carbonyl (C=O) groups is 1. The summed E-state index contributed by atoms with van der Waals surface area (Å²) in [5, 5.41) is 13.2. The van der Waals surface area contributed by atoms with Crippen LogP contribution in [0.15, 0.2) is 40.8 Å². The number of oxazole rings is 1. The molecule has 0 saturated carbocycles. The number of aliphatic hydroxyl groups is 1. The van der Waals surface area contributed by atoms with Crippen LogP contribution in [-0.4, -0.2) is 59.9 Å². The van der Waals surface area contributed by atoms with E-state index in [0.29, 0.717) is 59.6 Å². The summed E-state index contributed by atoms with van der Waals surface area (Å²) in [4.78, 5) is 19.5. The summed E-state index contributed by atoms with van der Waals surface area (Å²) in [5.41, 5.74) is 1.85. The van der Waals surface area contributed by atoms with Gasteiger partial charge in [-0.3, -0.25) is 4.79 Å². The minimum absolute atomic E-state index is 0.000633. The molecule has 1 aromatic heterocycles. The summed E-state index contributed by atoms with van der Waals surface area (Å²) in [6.45, 7) is 5.18. The second-order valence-corrected chi connectivity index (χ2v) is 8.90. The van der Waals surface area contributed by atoms with Crippen molar-refractivity contribution in [1.29, 1.82) is 0 Å². The van der Waals surface area contributed by atoms with E-state index in [1.54, 1.807) is 17.0 Å². The smallest absolute Gasteiger partial charge is 0.296 e. The molecule has 3 aromatic rings. The Balaban J connectivity index is 1.59. The Morgan fingerprint density at radius 2 is 2.21 bits per heavy atom. The van der Waals surface area contributed by atoms with E-state index < -0.39 is 5.60 Å². The van der Waals surface area contributed by atoms with Gasteiger partial charge in [-0.05, 0) is 43.7 Å². The highest BCUT2D eigenvalue weighted by Crippen LogP contribution is 2.32. The second kappa shape index (κ2) is 9.59. The maximum Gasteiger partial charge on any atom is 0.296 e. The van der Waals surface area contributed by atoms with E-state index in [-0.39, 0.29) is 18.6 Å². The molecule has 1 fully saturated rings. The highest BCUT2D eigenvalue weighted by atomic mass is 35.5. The van der Waals surface area contributed by atoms with Crippen molar-refractivity contribution in [2.45, 2.75) is 31.9 Å². The number of fused-ring (bicyclic) bond motifs is 1. The largest absolute Gasteiger partial charge is 0.493 e. The third-order valence-electron chi connectivity index (χ3n) is 5.88. The SMILES string of the molecule is COc1cc(C(=O)N2CCOC(C)(CCO)C2)cc2nc(N[C@H](C)c3cccc(Cl)c3)oc12. The average molecular weight is 474 g/mol. The first kappa shape index (κ1) is 23.4. The normalized spacial score (nSPS) is 19.5. The summed E-state index contributed by atoms with van der Waals surface area (Å²) < 4.78 is 17.2. The van der Waals surface area contributed by atoms with Crippen molar-refractivity contribution in [2.75, 3.05) is 38.7 Å². The first-order valence-corrected chi connectivity index (χ1v) is 11.2. The summed E-state index contributed by atoms with van der Waals surface area (Å²) >= 11 is 6.10. The molecule has 33 heavy (non-hydrogen) atoms. The van der Waals surface area contributed by atoms with Crippen LogP contribution in [0, 0.1) is 0 Å². The number of carbonyl (C=O) groups excluding carboxylic acids is 1. The van der Waals surface area contributed by atoms with Crippen molar-refractivity contribution in [3.63, 3.8) is 0 Å². The molecule has 1 amide bonds. The minimum Gasteiger partial charge on any atom is -0.493 e. The maximum atomic E-state index is 13.3. The average Bonchev–Trinajstić information content (AvgIpc) is 3.20. The number of hydrogen-bond acceptors (Lipinski definition) is 7. The summed E-state index contributed by atoms with van der Waals surface area (Å²) in [7, 11) is 1.53. The van der Waals surface area contributed by atoms with Gasteiger partial charge in [0.25, 0.3) is 11.9 Å². The van der Waals surface area contributed by atoms with Crippen molar-refractivity contribution in [1.82, 2.24) is 9.88 Å². The molecule has 0 radical (unpaired) electrons. The molecule has 8 nitrogen and oxygen atoms in total. The van der Waals surface area contributed by atoms with Gasteiger partial charge in [0.15, 0.2) is 11.3 Å². The number of methoxy groups -OCH3 is 1. The van der Waals surface area contributed by atoms with Crippen molar-refractivity contribution in [3.05, 3.63) is 52.5 Å². The number of nitrogens with zero attached hydrogens (tertiary/aromatic N) is 2. The Kier molecular flexibility index (Phi) is 6.78. The number of rotatable bonds is 7. The summed E-state index contributed by atoms with van der Waals surface area (Å²) in [6.07, 6.45) is 0.461. The molecule has 4 rings (SSSR count). The number of morpholine rings is 1. The molecule has 0 spiro atoms. The zero-order chi connectivity index (χ0) is 23.6. The number of anilines is 1. The fourth-order valence-corrected chi connectivity index (χ4v) is 4.26.